The summed E-state index contributed by atoms with van der Waals surface area (Å²) < 4.78 is 0. The summed E-state index contributed by atoms with van der Waals surface area (Å²) in [4.78, 5) is 7.77. The Morgan fingerprint density at radius 2 is 2.10 bits per heavy atom. The summed E-state index contributed by atoms with van der Waals surface area (Å²) in [6, 6.07) is 0. The molecule has 0 unspecified atom stereocenters. The first-order valence-corrected chi connectivity index (χ1v) is 2.79. The molecule has 0 saturated heterocycles. The molecule has 0 atom stereocenters. The molecule has 0 aliphatic carbocycles. The van der Waals surface area contributed by atoms with E-state index in [2.05, 4.69) is 15.1 Å². The molecule has 0 fully saturated rings. The van der Waals surface area contributed by atoms with Gasteiger partial charge < -0.3 is 5.21 Å². The van der Waals surface area contributed by atoms with Crippen LogP contribution in [0.4, 0.5) is 0 Å². The van der Waals surface area contributed by atoms with Gasteiger partial charge in [-0.05, 0) is 6.92 Å². The number of aryl methyl sites for hydroxylation is 1. The Balaban J connectivity index is 2.89. The largest absolute Gasteiger partial charge is 0.411 e. The molecule has 1 aromatic heterocycles. The maximum atomic E-state index is 8.10. The minimum Gasteiger partial charge on any atom is -0.411 e. The van der Waals surface area contributed by atoms with Gasteiger partial charge in [0.05, 0.1) is 6.21 Å². The number of oxime groups is 1. The first kappa shape index (κ1) is 6.67. The van der Waals surface area contributed by atoms with E-state index in [0.29, 0.717) is 11.4 Å². The van der Waals surface area contributed by atoms with Crippen molar-refractivity contribution in [2.45, 2.75) is 6.92 Å². The van der Waals surface area contributed by atoms with Crippen molar-refractivity contribution in [3.8, 4) is 0 Å². The third-order valence-electron chi connectivity index (χ3n) is 1.01. The van der Waals surface area contributed by atoms with Crippen molar-refractivity contribution in [3.63, 3.8) is 0 Å². The number of nitrogens with zero attached hydrogens (tertiary/aromatic N) is 3. The lowest BCUT2D eigenvalue weighted by Gasteiger charge is -1.89. The highest BCUT2D eigenvalue weighted by atomic mass is 16.4. The van der Waals surface area contributed by atoms with Crippen LogP contribution in [0.3, 0.4) is 0 Å². The first-order valence-electron chi connectivity index (χ1n) is 2.79. The molecule has 0 aromatic carbocycles. The van der Waals surface area contributed by atoms with Crippen LogP contribution >= 0.6 is 0 Å². The minimum absolute atomic E-state index is 0.688. The van der Waals surface area contributed by atoms with Crippen LogP contribution in [0, 0.1) is 6.92 Å². The summed E-state index contributed by atoms with van der Waals surface area (Å²) in [7, 11) is 0. The van der Waals surface area contributed by atoms with Crippen LogP contribution in [-0.4, -0.2) is 21.4 Å². The summed E-state index contributed by atoms with van der Waals surface area (Å²) in [6.45, 7) is 1.79. The van der Waals surface area contributed by atoms with E-state index in [1.165, 1.54) is 6.21 Å². The van der Waals surface area contributed by atoms with Crippen molar-refractivity contribution in [1.82, 2.24) is 9.97 Å². The molecule has 1 N–H and O–H groups in total. The van der Waals surface area contributed by atoms with Gasteiger partial charge in [0.15, 0.2) is 0 Å². The second kappa shape index (κ2) is 2.91. The van der Waals surface area contributed by atoms with Crippen molar-refractivity contribution in [3.05, 3.63) is 23.8 Å². The number of hydrogen-bond donors (Lipinski definition) is 1. The lowest BCUT2D eigenvalue weighted by atomic mass is 10.4. The molecular weight excluding hydrogens is 130 g/mol. The van der Waals surface area contributed by atoms with Gasteiger partial charge in [-0.3, -0.25) is 0 Å². The topological polar surface area (TPSA) is 58.4 Å². The maximum Gasteiger partial charge on any atom is 0.125 e. The predicted octanol–water partition coefficient (Wildman–Crippen LogP) is 0.593. The van der Waals surface area contributed by atoms with Crippen LogP contribution in [0.15, 0.2) is 17.5 Å². The molecule has 0 spiro atoms. The molecule has 0 saturated carbocycles. The molecule has 1 rings (SSSR count). The van der Waals surface area contributed by atoms with Gasteiger partial charge >= 0.3 is 0 Å². The van der Waals surface area contributed by atoms with Crippen molar-refractivity contribution < 1.29 is 5.21 Å². The summed E-state index contributed by atoms with van der Waals surface area (Å²) >= 11 is 0. The zero-order valence-electron chi connectivity index (χ0n) is 5.52. The van der Waals surface area contributed by atoms with Crippen LogP contribution in [0.2, 0.25) is 0 Å². The van der Waals surface area contributed by atoms with Gasteiger partial charge in [0.25, 0.3) is 0 Å². The van der Waals surface area contributed by atoms with Gasteiger partial charge in [-0.2, -0.15) is 0 Å². The second-order valence-electron chi connectivity index (χ2n) is 1.81. The average molecular weight is 137 g/mol. The highest BCUT2D eigenvalue weighted by Gasteiger charge is 1.87. The van der Waals surface area contributed by atoms with E-state index in [1.807, 2.05) is 0 Å². The normalized spacial score (nSPS) is 10.5. The summed E-state index contributed by atoms with van der Waals surface area (Å²) in [6.07, 6.45) is 4.45. The first-order chi connectivity index (χ1) is 4.83. The molecule has 0 bridgehead atoms. The highest BCUT2D eigenvalue weighted by molar-refractivity contribution is 5.77. The fourth-order valence-electron chi connectivity index (χ4n) is 0.536. The van der Waals surface area contributed by atoms with Crippen molar-refractivity contribution in [2.24, 2.45) is 5.16 Å². The summed E-state index contributed by atoms with van der Waals surface area (Å²) in [5, 5.41) is 10.9. The molecule has 0 aliphatic rings. The predicted molar refractivity (Wildman–Crippen MR) is 36.1 cm³/mol. The van der Waals surface area contributed by atoms with E-state index in [9.17, 15) is 0 Å². The molecule has 0 amide bonds. The third-order valence-corrected chi connectivity index (χ3v) is 1.01. The lowest BCUT2D eigenvalue weighted by molar-refractivity contribution is 0.322. The molecule has 1 aromatic rings. The molecule has 52 valence electrons. The fraction of sp³-hybridized carbons (Fsp3) is 0.167. The second-order valence-corrected chi connectivity index (χ2v) is 1.81. The molecule has 0 aliphatic heterocycles. The molecule has 4 heteroatoms. The van der Waals surface area contributed by atoms with Gasteiger partial charge in [0.1, 0.15) is 5.82 Å². The van der Waals surface area contributed by atoms with E-state index in [-0.39, 0.29) is 0 Å². The number of aromatic nitrogens is 2. The molecular formula is C6H7N3O. The van der Waals surface area contributed by atoms with Crippen molar-refractivity contribution in [2.75, 3.05) is 0 Å². The quantitative estimate of drug-likeness (QED) is 0.350. The van der Waals surface area contributed by atoms with E-state index < -0.39 is 0 Å². The van der Waals surface area contributed by atoms with Gasteiger partial charge in [-0.15, -0.1) is 0 Å². The Morgan fingerprint density at radius 3 is 2.60 bits per heavy atom. The smallest absolute Gasteiger partial charge is 0.125 e. The monoisotopic (exact) mass is 137 g/mol. The summed E-state index contributed by atoms with van der Waals surface area (Å²) in [5.74, 6) is 0.704. The molecule has 10 heavy (non-hydrogen) atoms. The Labute approximate surface area is 58.2 Å². The van der Waals surface area contributed by atoms with Crippen molar-refractivity contribution >= 4 is 6.21 Å². The number of hydrogen-bond acceptors (Lipinski definition) is 4. The highest BCUT2D eigenvalue weighted by Crippen LogP contribution is 1.89. The Kier molecular flexibility index (Phi) is 1.94. The average Bonchev–Trinajstić information content (AvgIpc) is 1.95. The molecule has 1 heterocycles. The Morgan fingerprint density at radius 1 is 1.50 bits per heavy atom. The van der Waals surface area contributed by atoms with E-state index in [1.54, 1.807) is 19.3 Å². The zero-order chi connectivity index (χ0) is 7.40. The SMILES string of the molecule is Cc1ncc(C=NO)cn1. The molecule has 0 radical (unpaired) electrons. The van der Waals surface area contributed by atoms with E-state index in [0.717, 1.165) is 0 Å². The third kappa shape index (κ3) is 1.51. The Hall–Kier alpha value is -1.45. The molecule has 4 nitrogen and oxygen atoms in total. The minimum atomic E-state index is 0.688. The van der Waals surface area contributed by atoms with Gasteiger partial charge in [0, 0.05) is 18.0 Å². The fourth-order valence-corrected chi connectivity index (χ4v) is 0.536. The van der Waals surface area contributed by atoms with Gasteiger partial charge in [-0.1, -0.05) is 5.16 Å². The number of rotatable bonds is 1. The van der Waals surface area contributed by atoms with Gasteiger partial charge in [-0.25, -0.2) is 9.97 Å². The van der Waals surface area contributed by atoms with Crippen LogP contribution < -0.4 is 0 Å². The van der Waals surface area contributed by atoms with Crippen LogP contribution in [0.1, 0.15) is 11.4 Å². The Bertz CT molecular complexity index is 229. The van der Waals surface area contributed by atoms with Crippen molar-refractivity contribution in [1.29, 1.82) is 0 Å². The van der Waals surface area contributed by atoms with Crippen LogP contribution in [-0.2, 0) is 0 Å². The maximum absolute atomic E-state index is 8.10. The van der Waals surface area contributed by atoms with Gasteiger partial charge in [0.2, 0.25) is 0 Å². The zero-order valence-corrected chi connectivity index (χ0v) is 5.52. The standard InChI is InChI=1S/C6H7N3O/c1-5-7-2-6(3-8-5)4-9-10/h2-4,10H,1H3. The van der Waals surface area contributed by atoms with Crippen LogP contribution in [0.5, 0.6) is 0 Å². The van der Waals surface area contributed by atoms with Crippen LogP contribution in [0.25, 0.3) is 0 Å². The van der Waals surface area contributed by atoms with E-state index in [4.69, 9.17) is 5.21 Å². The summed E-state index contributed by atoms with van der Waals surface area (Å²) in [5.41, 5.74) is 0.688. The van der Waals surface area contributed by atoms with E-state index >= 15 is 0 Å². The lowest BCUT2D eigenvalue weighted by Crippen LogP contribution is -1.89.